The Bertz CT molecular complexity index is 482. The molecule has 9 heteroatoms. The van der Waals surface area contributed by atoms with Crippen molar-refractivity contribution in [2.24, 2.45) is 0 Å². The first kappa shape index (κ1) is 16.2. The van der Waals surface area contributed by atoms with Gasteiger partial charge in [0.05, 0.1) is 25.0 Å². The highest BCUT2D eigenvalue weighted by atomic mass is 32.2. The zero-order valence-corrected chi connectivity index (χ0v) is 12.8. The quantitative estimate of drug-likeness (QED) is 0.659. The Morgan fingerprint density at radius 3 is 3.00 bits per heavy atom. The van der Waals surface area contributed by atoms with E-state index in [1.54, 1.807) is 4.57 Å². The number of likely N-dealkylation sites (N-methyl/N-ethyl adjacent to an activating group) is 1. The van der Waals surface area contributed by atoms with E-state index in [4.69, 9.17) is 9.84 Å². The van der Waals surface area contributed by atoms with Crippen LogP contribution in [0.25, 0.3) is 0 Å². The molecule has 0 aliphatic carbocycles. The van der Waals surface area contributed by atoms with Crippen LogP contribution in [-0.2, 0) is 22.7 Å². The Morgan fingerprint density at radius 2 is 2.33 bits per heavy atom. The van der Waals surface area contributed by atoms with Crippen molar-refractivity contribution in [1.29, 1.82) is 0 Å². The molecule has 1 aliphatic rings. The molecule has 1 aliphatic heterocycles. The van der Waals surface area contributed by atoms with E-state index in [2.05, 4.69) is 22.0 Å². The fraction of sp³-hybridized carbons (Fsp3) is 0.750. The fourth-order valence-electron chi connectivity index (χ4n) is 2.23. The maximum absolute atomic E-state index is 10.7. The monoisotopic (exact) mass is 316 g/mol. The lowest BCUT2D eigenvalue weighted by Gasteiger charge is -2.32. The summed E-state index contributed by atoms with van der Waals surface area (Å²) < 4.78 is 7.49. The van der Waals surface area contributed by atoms with E-state index in [1.807, 2.05) is 0 Å². The summed E-state index contributed by atoms with van der Waals surface area (Å²) in [7, 11) is 0. The number of aliphatic carboxylic acids is 1. The third-order valence-electron chi connectivity index (χ3n) is 3.32. The third-order valence-corrected chi connectivity index (χ3v) is 4.27. The number of hydrogen-bond acceptors (Lipinski definition) is 7. The van der Waals surface area contributed by atoms with E-state index in [0.717, 1.165) is 31.4 Å². The van der Waals surface area contributed by atoms with Crippen LogP contribution in [0.15, 0.2) is 5.16 Å². The predicted octanol–water partition coefficient (Wildman–Crippen LogP) is -0.332. The molecule has 1 unspecified atom stereocenters. The van der Waals surface area contributed by atoms with Gasteiger partial charge in [-0.15, -0.1) is 10.2 Å². The van der Waals surface area contributed by atoms with E-state index >= 15 is 0 Å². The first-order chi connectivity index (χ1) is 10.1. The molecule has 2 N–H and O–H groups in total. The molecule has 1 aromatic heterocycles. The Balaban J connectivity index is 2.06. The van der Waals surface area contributed by atoms with Gasteiger partial charge in [-0.25, -0.2) is 0 Å². The van der Waals surface area contributed by atoms with E-state index in [0.29, 0.717) is 24.1 Å². The molecule has 0 spiro atoms. The fourth-order valence-corrected chi connectivity index (χ4v) is 2.92. The van der Waals surface area contributed by atoms with E-state index in [9.17, 15) is 9.90 Å². The SMILES string of the molecule is CCN1CCOC(Cn2c(CO)nnc2SCC(=O)O)C1. The molecule has 118 valence electrons. The first-order valence-corrected chi connectivity index (χ1v) is 7.84. The number of carboxylic acid groups (broad SMARTS) is 1. The number of nitrogens with zero attached hydrogens (tertiary/aromatic N) is 4. The summed E-state index contributed by atoms with van der Waals surface area (Å²) in [5, 5.41) is 26.4. The summed E-state index contributed by atoms with van der Waals surface area (Å²) in [5.41, 5.74) is 0. The molecule has 0 radical (unpaired) electrons. The van der Waals surface area contributed by atoms with Crippen LogP contribution in [0.2, 0.25) is 0 Å². The predicted molar refractivity (Wildman–Crippen MR) is 76.2 cm³/mol. The maximum atomic E-state index is 10.7. The van der Waals surface area contributed by atoms with Crippen LogP contribution in [0.3, 0.4) is 0 Å². The lowest BCUT2D eigenvalue weighted by Crippen LogP contribution is -2.44. The maximum Gasteiger partial charge on any atom is 0.313 e. The summed E-state index contributed by atoms with van der Waals surface area (Å²) in [6.07, 6.45) is -0.0100. The van der Waals surface area contributed by atoms with Crippen molar-refractivity contribution in [2.45, 2.75) is 31.3 Å². The molecule has 8 nitrogen and oxygen atoms in total. The van der Waals surface area contributed by atoms with Crippen molar-refractivity contribution in [3.8, 4) is 0 Å². The molecule has 1 fully saturated rings. The minimum atomic E-state index is -0.911. The number of aliphatic hydroxyl groups excluding tert-OH is 1. The minimum Gasteiger partial charge on any atom is -0.481 e. The highest BCUT2D eigenvalue weighted by Crippen LogP contribution is 2.19. The second kappa shape index (κ2) is 7.74. The number of thioether (sulfide) groups is 1. The molecule has 1 atom stereocenters. The average molecular weight is 316 g/mol. The summed E-state index contributed by atoms with van der Waals surface area (Å²) >= 11 is 1.10. The smallest absolute Gasteiger partial charge is 0.313 e. The molecule has 2 heterocycles. The molecule has 2 rings (SSSR count). The van der Waals surface area contributed by atoms with Gasteiger partial charge in [0.1, 0.15) is 6.61 Å². The molecule has 1 saturated heterocycles. The van der Waals surface area contributed by atoms with Gasteiger partial charge in [0.25, 0.3) is 0 Å². The van der Waals surface area contributed by atoms with Crippen LogP contribution < -0.4 is 0 Å². The number of aromatic nitrogens is 3. The highest BCUT2D eigenvalue weighted by molar-refractivity contribution is 7.99. The van der Waals surface area contributed by atoms with Crippen LogP contribution in [0.1, 0.15) is 12.7 Å². The zero-order chi connectivity index (χ0) is 15.2. The molecule has 21 heavy (non-hydrogen) atoms. The van der Waals surface area contributed by atoms with Crippen LogP contribution >= 0.6 is 11.8 Å². The second-order valence-corrected chi connectivity index (χ2v) is 5.68. The molecule has 1 aromatic rings. The van der Waals surface area contributed by atoms with Crippen molar-refractivity contribution in [3.63, 3.8) is 0 Å². The number of ether oxygens (including phenoxy) is 1. The van der Waals surface area contributed by atoms with Gasteiger partial charge in [0, 0.05) is 13.1 Å². The van der Waals surface area contributed by atoms with Gasteiger partial charge >= 0.3 is 5.97 Å². The molecule has 0 bridgehead atoms. The van der Waals surface area contributed by atoms with Crippen LogP contribution in [0, 0.1) is 0 Å². The number of morpholine rings is 1. The second-order valence-electron chi connectivity index (χ2n) is 4.74. The van der Waals surface area contributed by atoms with Crippen LogP contribution in [0.4, 0.5) is 0 Å². The molecule has 0 aromatic carbocycles. The summed E-state index contributed by atoms with van der Waals surface area (Å²) in [5.74, 6) is -0.567. The third kappa shape index (κ3) is 4.40. The van der Waals surface area contributed by atoms with Gasteiger partial charge in [-0.05, 0) is 6.54 Å². The number of carboxylic acids is 1. The van der Waals surface area contributed by atoms with Crippen LogP contribution in [0.5, 0.6) is 0 Å². The number of rotatable bonds is 7. The van der Waals surface area contributed by atoms with Gasteiger partial charge in [0.2, 0.25) is 0 Å². The van der Waals surface area contributed by atoms with Gasteiger partial charge in [-0.1, -0.05) is 18.7 Å². The van der Waals surface area contributed by atoms with Gasteiger partial charge in [-0.2, -0.15) is 0 Å². The first-order valence-electron chi connectivity index (χ1n) is 6.85. The van der Waals surface area contributed by atoms with Crippen molar-refractivity contribution in [2.75, 3.05) is 32.0 Å². The van der Waals surface area contributed by atoms with E-state index in [1.165, 1.54) is 0 Å². The lowest BCUT2D eigenvalue weighted by atomic mass is 10.2. The Hall–Kier alpha value is -1.16. The Morgan fingerprint density at radius 1 is 1.52 bits per heavy atom. The van der Waals surface area contributed by atoms with Gasteiger partial charge in [0.15, 0.2) is 11.0 Å². The Labute approximate surface area is 127 Å². The zero-order valence-electron chi connectivity index (χ0n) is 11.9. The van der Waals surface area contributed by atoms with Gasteiger partial charge < -0.3 is 19.5 Å². The largest absolute Gasteiger partial charge is 0.481 e. The topological polar surface area (TPSA) is 101 Å². The lowest BCUT2D eigenvalue weighted by molar-refractivity contribution is -0.133. The average Bonchev–Trinajstić information content (AvgIpc) is 2.87. The van der Waals surface area contributed by atoms with Crippen molar-refractivity contribution in [1.82, 2.24) is 19.7 Å². The van der Waals surface area contributed by atoms with Crippen molar-refractivity contribution < 1.29 is 19.7 Å². The molecular formula is C12H20N4O4S. The summed E-state index contributed by atoms with van der Waals surface area (Å²) in [4.78, 5) is 13.0. The standard InChI is InChI=1S/C12H20N4O4S/c1-2-15-3-4-20-9(5-15)6-16-10(7-17)13-14-12(16)21-8-11(18)19/h9,17H,2-8H2,1H3,(H,18,19). The number of hydrogen-bond donors (Lipinski definition) is 2. The number of carbonyl (C=O) groups is 1. The molecule has 0 amide bonds. The van der Waals surface area contributed by atoms with E-state index in [-0.39, 0.29) is 18.5 Å². The molecular weight excluding hydrogens is 296 g/mol. The molecule has 0 saturated carbocycles. The van der Waals surface area contributed by atoms with E-state index < -0.39 is 5.97 Å². The highest BCUT2D eigenvalue weighted by Gasteiger charge is 2.23. The normalized spacial score (nSPS) is 19.8. The minimum absolute atomic E-state index is 0.0100. The Kier molecular flexibility index (Phi) is 5.97. The number of aliphatic hydroxyl groups is 1. The summed E-state index contributed by atoms with van der Waals surface area (Å²) in [6, 6.07) is 0. The van der Waals surface area contributed by atoms with Crippen molar-refractivity contribution in [3.05, 3.63) is 5.82 Å². The summed E-state index contributed by atoms with van der Waals surface area (Å²) in [6.45, 7) is 5.76. The van der Waals surface area contributed by atoms with Crippen LogP contribution in [-0.4, -0.2) is 73.9 Å². The van der Waals surface area contributed by atoms with Crippen molar-refractivity contribution >= 4 is 17.7 Å². The van der Waals surface area contributed by atoms with Gasteiger partial charge in [-0.3, -0.25) is 9.69 Å².